The highest BCUT2D eigenvalue weighted by atomic mass is 32.2. The Bertz CT molecular complexity index is 1220. The van der Waals surface area contributed by atoms with Gasteiger partial charge in [0.2, 0.25) is 0 Å². The highest BCUT2D eigenvalue weighted by Crippen LogP contribution is 2.38. The van der Waals surface area contributed by atoms with Crippen molar-refractivity contribution in [3.8, 4) is 11.5 Å². The average Bonchev–Trinajstić information content (AvgIpc) is 3.07. The molecule has 5 rings (SSSR count). The van der Waals surface area contributed by atoms with Crippen LogP contribution in [0.25, 0.3) is 0 Å². The molecule has 0 amide bonds. The Morgan fingerprint density at radius 2 is 2.10 bits per heavy atom. The van der Waals surface area contributed by atoms with Gasteiger partial charge < -0.3 is 18.9 Å². The average molecular weight is 458 g/mol. The summed E-state index contributed by atoms with van der Waals surface area (Å²) in [4.78, 5) is 13.9. The molecule has 0 spiro atoms. The van der Waals surface area contributed by atoms with Gasteiger partial charge in [-0.15, -0.1) is 11.8 Å². The lowest BCUT2D eigenvalue weighted by Crippen LogP contribution is -2.32. The van der Waals surface area contributed by atoms with Gasteiger partial charge in [-0.3, -0.25) is 10.1 Å². The third-order valence-electron chi connectivity index (χ3n) is 5.29. The Morgan fingerprint density at radius 3 is 2.90 bits per heavy atom. The lowest BCUT2D eigenvalue weighted by atomic mass is 10.2. The molecule has 1 unspecified atom stereocenters. The maximum absolute atomic E-state index is 11.2. The van der Waals surface area contributed by atoms with Crippen molar-refractivity contribution in [2.24, 2.45) is 7.05 Å². The van der Waals surface area contributed by atoms with Gasteiger partial charge in [-0.2, -0.15) is 5.10 Å². The number of non-ortho nitro benzene ring substituents is 1. The molecular weight excluding hydrogens is 438 g/mol. The van der Waals surface area contributed by atoms with Crippen molar-refractivity contribution in [1.29, 1.82) is 0 Å². The fourth-order valence-corrected chi connectivity index (χ4v) is 4.93. The van der Waals surface area contributed by atoms with Crippen molar-refractivity contribution < 1.29 is 14.4 Å². The van der Waals surface area contributed by atoms with E-state index < -0.39 is 0 Å². The minimum atomic E-state index is -0.381. The van der Waals surface area contributed by atoms with Crippen LogP contribution in [0.4, 0.5) is 11.4 Å². The van der Waals surface area contributed by atoms with E-state index in [-0.39, 0.29) is 16.7 Å². The van der Waals surface area contributed by atoms with Crippen molar-refractivity contribution in [3.63, 3.8) is 0 Å². The molecule has 0 bridgehead atoms. The predicted octanol–water partition coefficient (Wildman–Crippen LogP) is 3.94. The molecule has 9 nitrogen and oxygen atoms in total. The van der Waals surface area contributed by atoms with E-state index in [0.29, 0.717) is 35.4 Å². The number of fused-ring (bicyclic) bond motifs is 2. The fraction of sp³-hybridized carbons (Fsp3) is 0.300. The summed E-state index contributed by atoms with van der Waals surface area (Å²) in [6.45, 7) is 1.47. The monoisotopic (exact) mass is 457 g/mol. The molecule has 0 N–H and O–H groups in total. The van der Waals surface area contributed by atoms with E-state index >= 15 is 0 Å². The minimum absolute atomic E-state index is 0.0722. The van der Waals surface area contributed by atoms with Crippen LogP contribution >= 0.6 is 24.0 Å². The van der Waals surface area contributed by atoms with E-state index in [9.17, 15) is 10.1 Å². The first-order valence-electron chi connectivity index (χ1n) is 9.69. The van der Waals surface area contributed by atoms with E-state index in [0.717, 1.165) is 22.9 Å². The van der Waals surface area contributed by atoms with Gasteiger partial charge in [0.1, 0.15) is 13.3 Å². The maximum Gasteiger partial charge on any atom is 0.271 e. The van der Waals surface area contributed by atoms with Crippen LogP contribution in [0.3, 0.4) is 0 Å². The van der Waals surface area contributed by atoms with Crippen LogP contribution in [0.5, 0.6) is 11.5 Å². The summed E-state index contributed by atoms with van der Waals surface area (Å²) in [5.41, 5.74) is 0.897. The van der Waals surface area contributed by atoms with Gasteiger partial charge in [-0.05, 0) is 30.4 Å². The normalized spacial score (nSPS) is 17.3. The standard InChI is InChI=1S/C20H19N5O4S2/c1-22-19(17-11-28-15-4-2-3-5-16(15)29-17)21-24(20(22)30)12-23-8-9-31-18-7-6-13(25(26)27)10-14(18)23/h2-7,10,17H,8-9,11-12H2,1H3. The number of nitrogens with zero attached hydrogens (tertiary/aromatic N) is 5. The molecule has 0 radical (unpaired) electrons. The lowest BCUT2D eigenvalue weighted by molar-refractivity contribution is -0.384. The molecule has 1 atom stereocenters. The Morgan fingerprint density at radius 1 is 1.29 bits per heavy atom. The summed E-state index contributed by atoms with van der Waals surface area (Å²) >= 11 is 7.31. The number of aromatic nitrogens is 3. The van der Waals surface area contributed by atoms with Crippen LogP contribution in [0.1, 0.15) is 11.9 Å². The summed E-state index contributed by atoms with van der Waals surface area (Å²) in [5, 5.41) is 16.0. The molecule has 2 aliphatic rings. The van der Waals surface area contributed by atoms with Gasteiger partial charge in [-0.1, -0.05) is 12.1 Å². The number of para-hydroxylation sites is 2. The Labute approximate surface area is 187 Å². The zero-order chi connectivity index (χ0) is 21.5. The van der Waals surface area contributed by atoms with Crippen LogP contribution in [0.15, 0.2) is 47.4 Å². The molecule has 31 heavy (non-hydrogen) atoms. The highest BCUT2D eigenvalue weighted by Gasteiger charge is 2.28. The van der Waals surface area contributed by atoms with Crippen molar-refractivity contribution in [3.05, 3.63) is 63.2 Å². The second-order valence-corrected chi connectivity index (χ2v) is 8.73. The van der Waals surface area contributed by atoms with Gasteiger partial charge in [0.25, 0.3) is 5.69 Å². The largest absolute Gasteiger partial charge is 0.485 e. The number of hydrogen-bond acceptors (Lipinski definition) is 8. The van der Waals surface area contributed by atoms with E-state index in [1.807, 2.05) is 35.9 Å². The molecule has 2 aromatic carbocycles. The minimum Gasteiger partial charge on any atom is -0.485 e. The van der Waals surface area contributed by atoms with Crippen molar-refractivity contribution in [2.75, 3.05) is 23.8 Å². The second-order valence-electron chi connectivity index (χ2n) is 7.23. The highest BCUT2D eigenvalue weighted by molar-refractivity contribution is 7.99. The quantitative estimate of drug-likeness (QED) is 0.331. The van der Waals surface area contributed by atoms with Crippen LogP contribution in [-0.2, 0) is 13.7 Å². The second kappa shape index (κ2) is 7.89. The Kier molecular flexibility index (Phi) is 5.06. The molecule has 1 aromatic heterocycles. The number of nitro benzene ring substituents is 1. The molecule has 0 saturated heterocycles. The molecule has 2 aliphatic heterocycles. The number of nitro groups is 1. The number of rotatable bonds is 4. The van der Waals surface area contributed by atoms with Crippen molar-refractivity contribution >= 4 is 35.4 Å². The van der Waals surface area contributed by atoms with Gasteiger partial charge >= 0.3 is 0 Å². The smallest absolute Gasteiger partial charge is 0.271 e. The van der Waals surface area contributed by atoms with E-state index in [1.165, 1.54) is 6.07 Å². The molecule has 0 saturated carbocycles. The Balaban J connectivity index is 1.43. The number of anilines is 1. The summed E-state index contributed by atoms with van der Waals surface area (Å²) in [7, 11) is 1.86. The molecule has 11 heteroatoms. The van der Waals surface area contributed by atoms with Gasteiger partial charge in [0.15, 0.2) is 28.2 Å². The Hall–Kier alpha value is -3.05. The van der Waals surface area contributed by atoms with Crippen LogP contribution in [0.2, 0.25) is 0 Å². The van der Waals surface area contributed by atoms with Gasteiger partial charge in [-0.25, -0.2) is 4.68 Å². The number of hydrogen-bond donors (Lipinski definition) is 0. The fourth-order valence-electron chi connectivity index (χ4n) is 3.71. The number of thioether (sulfide) groups is 1. The van der Waals surface area contributed by atoms with Crippen LogP contribution in [0, 0.1) is 14.9 Å². The van der Waals surface area contributed by atoms with Gasteiger partial charge in [0.05, 0.1) is 10.6 Å². The molecule has 160 valence electrons. The molecule has 3 aromatic rings. The SMILES string of the molecule is Cn1c(C2COc3ccccc3O2)nn(CN2CCSc3ccc([N+](=O)[O-])cc32)c1=S. The summed E-state index contributed by atoms with van der Waals surface area (Å²) < 4.78 is 16.0. The van der Waals surface area contributed by atoms with E-state index in [1.54, 1.807) is 28.6 Å². The van der Waals surface area contributed by atoms with Gasteiger partial charge in [0, 0.05) is 36.4 Å². The first-order valence-corrected chi connectivity index (χ1v) is 11.1. The summed E-state index contributed by atoms with van der Waals surface area (Å²) in [6, 6.07) is 12.5. The molecule has 0 fully saturated rings. The number of benzene rings is 2. The summed E-state index contributed by atoms with van der Waals surface area (Å²) in [6.07, 6.45) is -0.381. The molecular formula is C20H19N5O4S2. The predicted molar refractivity (Wildman–Crippen MR) is 119 cm³/mol. The zero-order valence-corrected chi connectivity index (χ0v) is 18.3. The third-order valence-corrected chi connectivity index (χ3v) is 6.82. The number of ether oxygens (including phenoxy) is 2. The topological polar surface area (TPSA) is 87.6 Å². The first kappa shape index (κ1) is 19.9. The van der Waals surface area contributed by atoms with E-state index in [4.69, 9.17) is 26.8 Å². The van der Waals surface area contributed by atoms with Crippen molar-refractivity contribution in [1.82, 2.24) is 14.3 Å². The van der Waals surface area contributed by atoms with Crippen molar-refractivity contribution in [2.45, 2.75) is 17.7 Å². The molecule has 3 heterocycles. The lowest BCUT2D eigenvalue weighted by Gasteiger charge is -2.30. The first-order chi connectivity index (χ1) is 15.0. The zero-order valence-electron chi connectivity index (χ0n) is 16.6. The molecule has 0 aliphatic carbocycles. The maximum atomic E-state index is 11.2. The van der Waals surface area contributed by atoms with Crippen LogP contribution in [-0.4, -0.2) is 38.2 Å². The summed E-state index contributed by atoms with van der Waals surface area (Å²) in [5.74, 6) is 2.94. The van der Waals surface area contributed by atoms with Crippen LogP contribution < -0.4 is 14.4 Å². The third kappa shape index (κ3) is 3.63. The van der Waals surface area contributed by atoms with E-state index in [2.05, 4.69) is 4.90 Å².